The van der Waals surface area contributed by atoms with Gasteiger partial charge in [0.2, 0.25) is 0 Å². The van der Waals surface area contributed by atoms with E-state index in [1.165, 1.54) is 18.9 Å². The van der Waals surface area contributed by atoms with Crippen molar-refractivity contribution in [1.82, 2.24) is 0 Å². The lowest BCUT2D eigenvalue weighted by Gasteiger charge is -2.26. The second kappa shape index (κ2) is 7.65. The zero-order valence-corrected chi connectivity index (χ0v) is 10.3. The first-order valence-corrected chi connectivity index (χ1v) is 5.70. The second-order valence-electron chi connectivity index (χ2n) is 3.91. The van der Waals surface area contributed by atoms with E-state index in [9.17, 15) is 9.59 Å². The Morgan fingerprint density at radius 2 is 1.76 bits per heavy atom. The molecule has 0 aromatic rings. The summed E-state index contributed by atoms with van der Waals surface area (Å²) in [5, 5.41) is 7.60. The lowest BCUT2D eigenvalue weighted by molar-refractivity contribution is -0.153. The van der Waals surface area contributed by atoms with Crippen molar-refractivity contribution in [3.8, 4) is 0 Å². The third-order valence-electron chi connectivity index (χ3n) is 2.82. The summed E-state index contributed by atoms with van der Waals surface area (Å²) >= 11 is 0. The van der Waals surface area contributed by atoms with Crippen LogP contribution in [0.3, 0.4) is 0 Å². The van der Waals surface area contributed by atoms with Crippen molar-refractivity contribution < 1.29 is 19.4 Å². The average Bonchev–Trinajstić information content (AvgIpc) is 2.78. The predicted molar refractivity (Wildman–Crippen MR) is 65.6 cm³/mol. The van der Waals surface area contributed by atoms with Crippen LogP contribution in [-0.4, -0.2) is 22.6 Å². The van der Waals surface area contributed by atoms with Crippen molar-refractivity contribution in [3.63, 3.8) is 0 Å². The minimum atomic E-state index is -0.981. The molecule has 96 valence electrons. The molecule has 4 nitrogen and oxygen atoms in total. The molecule has 1 aliphatic carbocycles. The molecular weight excluding hydrogens is 220 g/mol. The van der Waals surface area contributed by atoms with Gasteiger partial charge >= 0.3 is 11.9 Å². The molecule has 1 rings (SSSR count). The largest absolute Gasteiger partial charge is 0.478 e. The highest BCUT2D eigenvalue weighted by atomic mass is 16.6. The Kier molecular flexibility index (Phi) is 6.94. The van der Waals surface area contributed by atoms with E-state index in [-0.39, 0.29) is 11.6 Å². The van der Waals surface area contributed by atoms with Crippen LogP contribution in [0.5, 0.6) is 0 Å². The molecule has 17 heavy (non-hydrogen) atoms. The first-order chi connectivity index (χ1) is 7.99. The lowest BCUT2D eigenvalue weighted by Crippen LogP contribution is -2.30. The van der Waals surface area contributed by atoms with Gasteiger partial charge in [-0.3, -0.25) is 0 Å². The lowest BCUT2D eigenvalue weighted by atomic mass is 9.99. The number of carboxylic acid groups (broad SMARTS) is 1. The molecule has 0 aromatic carbocycles. The normalized spacial score (nSPS) is 16.3. The van der Waals surface area contributed by atoms with Gasteiger partial charge in [0.1, 0.15) is 5.60 Å². The van der Waals surface area contributed by atoms with Gasteiger partial charge in [0, 0.05) is 12.2 Å². The van der Waals surface area contributed by atoms with Crippen molar-refractivity contribution in [2.24, 2.45) is 0 Å². The summed E-state index contributed by atoms with van der Waals surface area (Å²) in [5.74, 6) is -1.26. The Morgan fingerprint density at radius 1 is 1.29 bits per heavy atom. The number of rotatable bonds is 4. The Labute approximate surface area is 102 Å². The smallest absolute Gasteiger partial charge is 0.330 e. The molecule has 1 aliphatic rings. The van der Waals surface area contributed by atoms with Crippen LogP contribution in [0.4, 0.5) is 0 Å². The van der Waals surface area contributed by atoms with E-state index < -0.39 is 5.97 Å². The van der Waals surface area contributed by atoms with Crippen LogP contribution in [0.15, 0.2) is 25.3 Å². The summed E-state index contributed by atoms with van der Waals surface area (Å²) in [6.45, 7) is 8.43. The summed E-state index contributed by atoms with van der Waals surface area (Å²) < 4.78 is 5.34. The molecule has 0 aliphatic heterocycles. The van der Waals surface area contributed by atoms with Gasteiger partial charge < -0.3 is 9.84 Å². The molecule has 0 atom stereocenters. The summed E-state index contributed by atoms with van der Waals surface area (Å²) in [6, 6.07) is 0. The minimum Gasteiger partial charge on any atom is -0.478 e. The molecule has 0 heterocycles. The van der Waals surface area contributed by atoms with E-state index in [0.29, 0.717) is 0 Å². The van der Waals surface area contributed by atoms with Gasteiger partial charge in [-0.25, -0.2) is 9.59 Å². The number of hydrogen-bond acceptors (Lipinski definition) is 3. The minimum absolute atomic E-state index is 0.161. The van der Waals surface area contributed by atoms with Crippen LogP contribution in [0, 0.1) is 0 Å². The number of carbonyl (C=O) groups is 2. The summed E-state index contributed by atoms with van der Waals surface area (Å²) in [4.78, 5) is 20.2. The zero-order valence-electron chi connectivity index (χ0n) is 10.3. The van der Waals surface area contributed by atoms with Crippen molar-refractivity contribution in [2.45, 2.75) is 44.6 Å². The van der Waals surface area contributed by atoms with Gasteiger partial charge in [0.15, 0.2) is 0 Å². The zero-order chi connectivity index (χ0) is 13.3. The van der Waals surface area contributed by atoms with Crippen LogP contribution >= 0.6 is 0 Å². The van der Waals surface area contributed by atoms with Crippen LogP contribution in [-0.2, 0) is 14.3 Å². The number of ether oxygens (including phenoxy) is 1. The molecule has 0 radical (unpaired) electrons. The Balaban J connectivity index is 0.000000437. The molecule has 1 fully saturated rings. The maximum absolute atomic E-state index is 11.0. The third kappa shape index (κ3) is 5.90. The van der Waals surface area contributed by atoms with Gasteiger partial charge in [0.25, 0.3) is 0 Å². The molecule has 0 bridgehead atoms. The van der Waals surface area contributed by atoms with Crippen molar-refractivity contribution in [3.05, 3.63) is 25.3 Å². The fraction of sp³-hybridized carbons (Fsp3) is 0.538. The molecule has 0 amide bonds. The number of carboxylic acids is 1. The molecule has 1 N–H and O–H groups in total. The van der Waals surface area contributed by atoms with E-state index in [1.54, 1.807) is 0 Å². The van der Waals surface area contributed by atoms with Crippen LogP contribution < -0.4 is 0 Å². The topological polar surface area (TPSA) is 63.6 Å². The fourth-order valence-electron chi connectivity index (χ4n) is 1.80. The molecule has 1 saturated carbocycles. The van der Waals surface area contributed by atoms with Gasteiger partial charge in [-0.15, -0.1) is 0 Å². The van der Waals surface area contributed by atoms with Crippen LogP contribution in [0.25, 0.3) is 0 Å². The van der Waals surface area contributed by atoms with E-state index in [2.05, 4.69) is 20.1 Å². The number of aliphatic carboxylic acids is 1. The van der Waals surface area contributed by atoms with E-state index in [0.717, 1.165) is 25.3 Å². The Hall–Kier alpha value is -1.58. The summed E-state index contributed by atoms with van der Waals surface area (Å²) in [6.07, 6.45) is 7.39. The second-order valence-corrected chi connectivity index (χ2v) is 3.91. The standard InChI is InChI=1S/C10H16O2.C3H4O2/c1-3-9(11)12-10(4-2)7-5-6-8-10;1-2-3(4)5/h3H,1,4-8H2,2H3;2H,1H2,(H,4,5). The van der Waals surface area contributed by atoms with Crippen molar-refractivity contribution in [2.75, 3.05) is 0 Å². The van der Waals surface area contributed by atoms with Crippen LogP contribution in [0.1, 0.15) is 39.0 Å². The highest BCUT2D eigenvalue weighted by Crippen LogP contribution is 2.35. The molecular formula is C13H20O4. The molecule has 4 heteroatoms. The highest BCUT2D eigenvalue weighted by Gasteiger charge is 2.35. The summed E-state index contributed by atoms with van der Waals surface area (Å²) in [5.41, 5.74) is -0.161. The number of carbonyl (C=O) groups excluding carboxylic acids is 1. The maximum Gasteiger partial charge on any atom is 0.330 e. The SMILES string of the molecule is C=CC(=O)O.C=CC(=O)OC1(CC)CCCC1. The van der Waals surface area contributed by atoms with Crippen LogP contribution in [0.2, 0.25) is 0 Å². The molecule has 0 spiro atoms. The maximum atomic E-state index is 11.0. The number of esters is 1. The average molecular weight is 240 g/mol. The van der Waals surface area contributed by atoms with Crippen molar-refractivity contribution >= 4 is 11.9 Å². The Morgan fingerprint density at radius 3 is 2.06 bits per heavy atom. The molecule has 0 aromatic heterocycles. The third-order valence-corrected chi connectivity index (χ3v) is 2.82. The van der Waals surface area contributed by atoms with Gasteiger partial charge in [-0.2, -0.15) is 0 Å². The van der Waals surface area contributed by atoms with Crippen molar-refractivity contribution in [1.29, 1.82) is 0 Å². The van der Waals surface area contributed by atoms with E-state index >= 15 is 0 Å². The summed E-state index contributed by atoms with van der Waals surface area (Å²) in [7, 11) is 0. The molecule has 0 unspecified atom stereocenters. The van der Waals surface area contributed by atoms with Gasteiger partial charge in [-0.1, -0.05) is 20.1 Å². The molecule has 0 saturated heterocycles. The van der Waals surface area contributed by atoms with E-state index in [1.807, 2.05) is 0 Å². The monoisotopic (exact) mass is 240 g/mol. The Bertz CT molecular complexity index is 288. The fourth-order valence-corrected chi connectivity index (χ4v) is 1.80. The number of hydrogen-bond donors (Lipinski definition) is 1. The first-order valence-electron chi connectivity index (χ1n) is 5.70. The first kappa shape index (κ1) is 15.4. The van der Waals surface area contributed by atoms with Gasteiger partial charge in [-0.05, 0) is 32.1 Å². The quantitative estimate of drug-likeness (QED) is 0.606. The highest BCUT2D eigenvalue weighted by molar-refractivity contribution is 5.81. The predicted octanol–water partition coefficient (Wildman–Crippen LogP) is 2.70. The van der Waals surface area contributed by atoms with Gasteiger partial charge in [0.05, 0.1) is 0 Å². The van der Waals surface area contributed by atoms with E-state index in [4.69, 9.17) is 9.84 Å².